The molecule has 44 heavy (non-hydrogen) atoms. The first-order chi connectivity index (χ1) is 21.5. The van der Waals surface area contributed by atoms with Crippen LogP contribution in [0.4, 0.5) is 0 Å². The maximum Gasteiger partial charge on any atom is 0.261 e. The van der Waals surface area contributed by atoms with Gasteiger partial charge in [-0.2, -0.15) is 0 Å². The predicted molar refractivity (Wildman–Crippen MR) is 174 cm³/mol. The van der Waals surface area contributed by atoms with E-state index in [1.54, 1.807) is 14.2 Å². The second-order valence-electron chi connectivity index (χ2n) is 13.0. The Morgan fingerprint density at radius 3 is 2.14 bits per heavy atom. The third kappa shape index (κ3) is 5.05. The summed E-state index contributed by atoms with van der Waals surface area (Å²) in [5.41, 5.74) is 4.36. The molecular formula is C37H44N4O3. The maximum atomic E-state index is 13.8. The van der Waals surface area contributed by atoms with Gasteiger partial charge in [-0.05, 0) is 93.7 Å². The number of methoxy groups -OCH3 is 2. The Kier molecular flexibility index (Phi) is 7.83. The summed E-state index contributed by atoms with van der Waals surface area (Å²) in [6.07, 6.45) is 7.97. The Balaban J connectivity index is 1.07. The molecule has 230 valence electrons. The van der Waals surface area contributed by atoms with E-state index in [9.17, 15) is 4.79 Å². The summed E-state index contributed by atoms with van der Waals surface area (Å²) >= 11 is 0. The van der Waals surface area contributed by atoms with Crippen LogP contribution in [0.3, 0.4) is 0 Å². The molecule has 2 bridgehead atoms. The van der Waals surface area contributed by atoms with Crippen molar-refractivity contribution in [2.75, 3.05) is 33.9 Å². The van der Waals surface area contributed by atoms with Crippen molar-refractivity contribution in [3.63, 3.8) is 0 Å². The fraction of sp³-hybridized carbons (Fsp3) is 0.459. The molecule has 3 aliphatic rings. The van der Waals surface area contributed by atoms with Crippen LogP contribution in [0.5, 0.6) is 11.5 Å². The highest BCUT2D eigenvalue weighted by Gasteiger charge is 2.44. The summed E-state index contributed by atoms with van der Waals surface area (Å²) in [5.74, 6) is 2.25. The fourth-order valence-corrected chi connectivity index (χ4v) is 8.62. The number of hydrogen-bond donors (Lipinski definition) is 0. The highest BCUT2D eigenvalue weighted by Crippen LogP contribution is 2.45. The van der Waals surface area contributed by atoms with E-state index in [1.165, 1.54) is 36.8 Å². The molecule has 7 nitrogen and oxygen atoms in total. The second kappa shape index (κ2) is 11.9. The number of para-hydroxylation sites is 2. The molecule has 0 saturated carbocycles. The minimum Gasteiger partial charge on any atom is -0.496 e. The third-order valence-corrected chi connectivity index (χ3v) is 10.9. The van der Waals surface area contributed by atoms with Crippen molar-refractivity contribution < 1.29 is 14.3 Å². The van der Waals surface area contributed by atoms with E-state index >= 15 is 0 Å². The fourth-order valence-electron chi connectivity index (χ4n) is 8.62. The molecule has 2 atom stereocenters. The van der Waals surface area contributed by atoms with Crippen molar-refractivity contribution >= 4 is 16.9 Å². The third-order valence-electron chi connectivity index (χ3n) is 10.9. The topological polar surface area (TPSA) is 59.8 Å². The lowest BCUT2D eigenvalue weighted by Crippen LogP contribution is -2.49. The van der Waals surface area contributed by atoms with E-state index in [-0.39, 0.29) is 11.3 Å². The van der Waals surface area contributed by atoms with Crippen LogP contribution in [0, 0.1) is 6.92 Å². The molecule has 4 aromatic rings. The molecule has 0 spiro atoms. The van der Waals surface area contributed by atoms with Crippen molar-refractivity contribution in [3.05, 3.63) is 89.7 Å². The minimum absolute atomic E-state index is 0.0107. The number of imidazole rings is 1. The highest BCUT2D eigenvalue weighted by atomic mass is 16.5. The zero-order valence-electron chi connectivity index (χ0n) is 26.2. The summed E-state index contributed by atoms with van der Waals surface area (Å²) in [6, 6.07) is 26.9. The van der Waals surface area contributed by atoms with Crippen LogP contribution in [-0.4, -0.2) is 71.2 Å². The number of fused-ring (bicyclic) bond motifs is 3. The van der Waals surface area contributed by atoms with Crippen molar-refractivity contribution in [2.24, 2.45) is 0 Å². The molecule has 1 aromatic heterocycles. The Morgan fingerprint density at radius 1 is 0.841 bits per heavy atom. The number of carbonyl (C=O) groups is 1. The van der Waals surface area contributed by atoms with Crippen LogP contribution >= 0.6 is 0 Å². The van der Waals surface area contributed by atoms with Crippen molar-refractivity contribution in [2.45, 2.75) is 75.4 Å². The van der Waals surface area contributed by atoms with Crippen molar-refractivity contribution in [1.82, 2.24) is 19.4 Å². The number of nitrogens with zero attached hydrogens (tertiary/aromatic N) is 4. The zero-order valence-corrected chi connectivity index (χ0v) is 26.2. The van der Waals surface area contributed by atoms with Crippen LogP contribution in [0.1, 0.15) is 72.7 Å². The molecule has 3 saturated heterocycles. The number of benzene rings is 3. The van der Waals surface area contributed by atoms with Gasteiger partial charge in [0.05, 0.1) is 25.3 Å². The molecule has 1 amide bonds. The number of aromatic nitrogens is 2. The first-order valence-electron chi connectivity index (χ1n) is 16.3. The Hall–Kier alpha value is -3.84. The first kappa shape index (κ1) is 28.9. The van der Waals surface area contributed by atoms with Crippen LogP contribution in [0.15, 0.2) is 72.8 Å². The van der Waals surface area contributed by atoms with Gasteiger partial charge in [0.2, 0.25) is 0 Å². The molecule has 2 unspecified atom stereocenters. The van der Waals surface area contributed by atoms with Crippen LogP contribution in [0.25, 0.3) is 11.0 Å². The van der Waals surface area contributed by atoms with Gasteiger partial charge in [0.15, 0.2) is 0 Å². The number of amides is 1. The molecule has 3 fully saturated rings. The molecule has 3 aromatic carbocycles. The number of aryl methyl sites for hydroxylation is 1. The molecule has 0 aliphatic carbocycles. The lowest BCUT2D eigenvalue weighted by atomic mass is 9.70. The average Bonchev–Trinajstić information content (AvgIpc) is 3.53. The lowest BCUT2D eigenvalue weighted by Gasteiger charge is -2.45. The summed E-state index contributed by atoms with van der Waals surface area (Å²) in [6.45, 7) is 4.71. The number of piperidine rings is 2. The monoisotopic (exact) mass is 592 g/mol. The summed E-state index contributed by atoms with van der Waals surface area (Å²) in [5, 5.41) is 0. The lowest BCUT2D eigenvalue weighted by molar-refractivity contribution is 0.0601. The minimum atomic E-state index is -0.0107. The number of rotatable bonds is 8. The Morgan fingerprint density at radius 2 is 1.48 bits per heavy atom. The van der Waals surface area contributed by atoms with Crippen LogP contribution < -0.4 is 9.47 Å². The van der Waals surface area contributed by atoms with E-state index in [0.29, 0.717) is 35.2 Å². The van der Waals surface area contributed by atoms with E-state index in [1.807, 2.05) is 23.1 Å². The van der Waals surface area contributed by atoms with E-state index < -0.39 is 0 Å². The smallest absolute Gasteiger partial charge is 0.261 e. The quantitative estimate of drug-likeness (QED) is 0.225. The summed E-state index contributed by atoms with van der Waals surface area (Å²) in [7, 11) is 3.22. The van der Waals surface area contributed by atoms with Gasteiger partial charge in [-0.25, -0.2) is 4.98 Å². The Bertz CT molecular complexity index is 1590. The highest BCUT2D eigenvalue weighted by molar-refractivity contribution is 5.99. The summed E-state index contributed by atoms with van der Waals surface area (Å²) < 4.78 is 13.6. The van der Waals surface area contributed by atoms with Crippen LogP contribution in [0.2, 0.25) is 0 Å². The van der Waals surface area contributed by atoms with Gasteiger partial charge in [-0.15, -0.1) is 0 Å². The van der Waals surface area contributed by atoms with E-state index in [4.69, 9.17) is 14.5 Å². The van der Waals surface area contributed by atoms with Gasteiger partial charge in [0.25, 0.3) is 5.91 Å². The molecule has 0 N–H and O–H groups in total. The number of likely N-dealkylation sites (tertiary alicyclic amines) is 1. The van der Waals surface area contributed by atoms with Gasteiger partial charge < -0.3 is 18.9 Å². The second-order valence-corrected chi connectivity index (χ2v) is 13.0. The maximum absolute atomic E-state index is 13.8. The van der Waals surface area contributed by atoms with E-state index in [0.717, 1.165) is 50.2 Å². The summed E-state index contributed by atoms with van der Waals surface area (Å²) in [4.78, 5) is 23.5. The molecule has 4 heterocycles. The largest absolute Gasteiger partial charge is 0.496 e. The van der Waals surface area contributed by atoms with Crippen molar-refractivity contribution in [3.8, 4) is 11.5 Å². The number of ether oxygens (including phenoxy) is 2. The molecule has 3 aliphatic heterocycles. The first-order valence-corrected chi connectivity index (χ1v) is 16.3. The van der Waals surface area contributed by atoms with Gasteiger partial charge in [-0.3, -0.25) is 9.69 Å². The zero-order chi connectivity index (χ0) is 30.3. The van der Waals surface area contributed by atoms with Gasteiger partial charge >= 0.3 is 0 Å². The SMILES string of the molecule is COc1cccc(OC)c1C(=O)N1CCC(CCN2C3CCC2CC(n2c(C)nc4ccccc42)C3)(c2ccccc2)CC1. The molecule has 7 heteroatoms. The van der Waals surface area contributed by atoms with Gasteiger partial charge in [0, 0.05) is 31.2 Å². The van der Waals surface area contributed by atoms with E-state index in [2.05, 4.69) is 71.0 Å². The van der Waals surface area contributed by atoms with Gasteiger partial charge in [-0.1, -0.05) is 48.5 Å². The normalized spacial score (nSPS) is 23.2. The number of hydrogen-bond acceptors (Lipinski definition) is 5. The van der Waals surface area contributed by atoms with Crippen molar-refractivity contribution in [1.29, 1.82) is 0 Å². The number of carbonyl (C=O) groups excluding carboxylic acids is 1. The average molecular weight is 593 g/mol. The predicted octanol–water partition coefficient (Wildman–Crippen LogP) is 6.79. The van der Waals surface area contributed by atoms with Gasteiger partial charge in [0.1, 0.15) is 22.9 Å². The molecule has 7 rings (SSSR count). The van der Waals surface area contributed by atoms with Crippen LogP contribution in [-0.2, 0) is 5.41 Å². The molecule has 0 radical (unpaired) electrons. The Labute approximate surface area is 260 Å². The standard InChI is InChI=1S/C37H44N4O3/c1-26-38-31-12-7-8-13-32(31)41(26)30-24-28-16-17-29(25-30)40(28)23-20-37(27-10-5-4-6-11-27)18-21-39(22-19-37)36(42)35-33(43-2)14-9-15-34(35)44-3/h4-15,28-30H,16-25H2,1-3H3. The molecular weight excluding hydrogens is 548 g/mol.